The van der Waals surface area contributed by atoms with Crippen molar-refractivity contribution in [3.05, 3.63) is 12.3 Å². The average Bonchev–Trinajstić information content (AvgIpc) is 2.34. The Kier molecular flexibility index (Phi) is 2.25. The van der Waals surface area contributed by atoms with Gasteiger partial charge in [0, 0.05) is 18.8 Å². The van der Waals surface area contributed by atoms with E-state index in [4.69, 9.17) is 0 Å². The average molecular weight is 119 g/mol. The van der Waals surface area contributed by atoms with Gasteiger partial charge in [0.15, 0.2) is 0 Å². The van der Waals surface area contributed by atoms with Gasteiger partial charge in [0.2, 0.25) is 0 Å². The van der Waals surface area contributed by atoms with Crippen LogP contribution < -0.4 is 0 Å². The van der Waals surface area contributed by atoms with Gasteiger partial charge in [-0.2, -0.15) is 0 Å². The smallest absolute Gasteiger partial charge is 0.271 e. The van der Waals surface area contributed by atoms with Gasteiger partial charge in [-0.1, -0.05) is 12.9 Å². The number of nitrogens with zero attached hydrogens (tertiary/aromatic N) is 2. The summed E-state index contributed by atoms with van der Waals surface area (Å²) in [4.78, 5) is 7.97. The van der Waals surface area contributed by atoms with Crippen LogP contribution in [0.2, 0.25) is 6.82 Å². The quantitative estimate of drug-likeness (QED) is 0.383. The first-order chi connectivity index (χ1) is 4.43. The molecule has 1 heterocycles. The molecule has 1 aliphatic heterocycles. The number of allylic oxidation sites excluding steroid dienone is 1. The largest absolute Gasteiger partial charge is 0.354 e. The third-order valence-electron chi connectivity index (χ3n) is 1.05. The van der Waals surface area contributed by atoms with Crippen LogP contribution in [-0.2, 0) is 0 Å². The van der Waals surface area contributed by atoms with Crippen molar-refractivity contribution < 1.29 is 0 Å². The maximum atomic E-state index is 4.04. The van der Waals surface area contributed by atoms with Crippen LogP contribution in [0.15, 0.2) is 22.2 Å². The van der Waals surface area contributed by atoms with Crippen LogP contribution in [0, 0.1) is 0 Å². The molecule has 0 spiro atoms. The second-order valence-corrected chi connectivity index (χ2v) is 1.75. The zero-order valence-electron chi connectivity index (χ0n) is 5.41. The summed E-state index contributed by atoms with van der Waals surface area (Å²) in [6, 6.07) is 0. The van der Waals surface area contributed by atoms with Crippen LogP contribution >= 0.6 is 0 Å². The molecule has 0 saturated carbocycles. The first kappa shape index (κ1) is 6.27. The predicted molar refractivity (Wildman–Crippen MR) is 41.3 cm³/mol. The van der Waals surface area contributed by atoms with Gasteiger partial charge >= 0.3 is 0 Å². The predicted octanol–water partition coefficient (Wildman–Crippen LogP) is 1.08. The van der Waals surface area contributed by atoms with E-state index in [0.717, 1.165) is 12.1 Å². The summed E-state index contributed by atoms with van der Waals surface area (Å²) in [5, 5.41) is 0. The van der Waals surface area contributed by atoms with E-state index in [-0.39, 0.29) is 0 Å². The molecule has 0 aromatic rings. The monoisotopic (exact) mass is 119 g/mol. The fourth-order valence-corrected chi connectivity index (χ4v) is 0.621. The van der Waals surface area contributed by atoms with Crippen molar-refractivity contribution in [1.82, 2.24) is 0 Å². The molecule has 0 saturated heterocycles. The van der Waals surface area contributed by atoms with Gasteiger partial charge in [-0.25, -0.2) is 0 Å². The van der Waals surface area contributed by atoms with Crippen LogP contribution in [-0.4, -0.2) is 19.3 Å². The van der Waals surface area contributed by atoms with Crippen LogP contribution in [0.5, 0.6) is 0 Å². The second-order valence-electron chi connectivity index (χ2n) is 1.75. The standard InChI is InChI=1S/C6H8BN2/c1-7-9-5-6-3-2-4-8-6/h2,4-5H,3H2,1H3. The molecule has 9 heavy (non-hydrogen) atoms. The summed E-state index contributed by atoms with van der Waals surface area (Å²) < 4.78 is 0. The molecule has 0 fully saturated rings. The second kappa shape index (κ2) is 3.23. The summed E-state index contributed by atoms with van der Waals surface area (Å²) in [6.07, 6.45) is 6.52. The highest BCUT2D eigenvalue weighted by Gasteiger charge is 1.94. The van der Waals surface area contributed by atoms with E-state index in [0.29, 0.717) is 0 Å². The molecule has 0 unspecified atom stereocenters. The maximum absolute atomic E-state index is 4.04. The Morgan fingerprint density at radius 1 is 1.89 bits per heavy atom. The van der Waals surface area contributed by atoms with Gasteiger partial charge < -0.3 is 4.90 Å². The molecule has 45 valence electrons. The molecule has 0 aliphatic carbocycles. The molecule has 0 N–H and O–H groups in total. The zero-order chi connectivity index (χ0) is 6.53. The van der Waals surface area contributed by atoms with Crippen molar-refractivity contribution in [2.75, 3.05) is 0 Å². The van der Waals surface area contributed by atoms with Gasteiger partial charge in [-0.3, -0.25) is 4.99 Å². The van der Waals surface area contributed by atoms with Crippen molar-refractivity contribution in [2.24, 2.45) is 9.90 Å². The van der Waals surface area contributed by atoms with Crippen LogP contribution in [0.25, 0.3) is 0 Å². The third-order valence-corrected chi connectivity index (χ3v) is 1.05. The van der Waals surface area contributed by atoms with E-state index < -0.39 is 0 Å². The van der Waals surface area contributed by atoms with Crippen LogP contribution in [0.1, 0.15) is 6.42 Å². The van der Waals surface area contributed by atoms with Crippen molar-refractivity contribution in [3.63, 3.8) is 0 Å². The van der Waals surface area contributed by atoms with E-state index in [2.05, 4.69) is 9.90 Å². The maximum Gasteiger partial charge on any atom is 0.271 e. The number of rotatable bonds is 2. The molecule has 3 heteroatoms. The molecule has 1 aliphatic rings. The highest BCUT2D eigenvalue weighted by atomic mass is 14.7. The number of hydrogen-bond donors (Lipinski definition) is 0. The van der Waals surface area contributed by atoms with E-state index >= 15 is 0 Å². The van der Waals surface area contributed by atoms with E-state index in [1.54, 1.807) is 19.8 Å². The van der Waals surface area contributed by atoms with Gasteiger partial charge in [0.1, 0.15) is 0 Å². The summed E-state index contributed by atoms with van der Waals surface area (Å²) in [5.41, 5.74) is 1.04. The minimum atomic E-state index is 0.928. The van der Waals surface area contributed by atoms with Crippen LogP contribution in [0.3, 0.4) is 0 Å². The molecule has 2 nitrogen and oxygen atoms in total. The lowest BCUT2D eigenvalue weighted by molar-refractivity contribution is 1.58. The topological polar surface area (TPSA) is 24.7 Å². The molecule has 0 aromatic carbocycles. The van der Waals surface area contributed by atoms with Crippen molar-refractivity contribution in [2.45, 2.75) is 13.2 Å². The van der Waals surface area contributed by atoms with Crippen LogP contribution in [0.4, 0.5) is 0 Å². The molecular formula is C6H8BN2. The fourth-order valence-electron chi connectivity index (χ4n) is 0.621. The molecule has 0 amide bonds. The Hall–Kier alpha value is -0.855. The SMILES string of the molecule is C[B]N=CC1=NC=CC1. The fraction of sp³-hybridized carbons (Fsp3) is 0.333. The van der Waals surface area contributed by atoms with Gasteiger partial charge in [-0.15, -0.1) is 0 Å². The summed E-state index contributed by atoms with van der Waals surface area (Å²) in [5.74, 6) is 0. The van der Waals surface area contributed by atoms with Gasteiger partial charge in [0.05, 0.1) is 5.71 Å². The Bertz CT molecular complexity index is 170. The molecule has 0 atom stereocenters. The first-order valence-corrected chi connectivity index (χ1v) is 2.96. The first-order valence-electron chi connectivity index (χ1n) is 2.96. The Morgan fingerprint density at radius 2 is 2.78 bits per heavy atom. The third kappa shape index (κ3) is 1.84. The Balaban J connectivity index is 2.38. The van der Waals surface area contributed by atoms with Crippen molar-refractivity contribution >= 4 is 19.3 Å². The van der Waals surface area contributed by atoms with E-state index in [1.807, 2.05) is 12.9 Å². The summed E-state index contributed by atoms with van der Waals surface area (Å²) >= 11 is 0. The zero-order valence-corrected chi connectivity index (χ0v) is 5.41. The van der Waals surface area contributed by atoms with E-state index in [1.165, 1.54) is 0 Å². The van der Waals surface area contributed by atoms with Gasteiger partial charge in [0.25, 0.3) is 7.41 Å². The molecule has 0 aromatic heterocycles. The highest BCUT2D eigenvalue weighted by Crippen LogP contribution is 1.96. The number of aliphatic imine (C=N–C) groups is 1. The minimum absolute atomic E-state index is 0.928. The molecule has 1 radical (unpaired) electrons. The van der Waals surface area contributed by atoms with E-state index in [9.17, 15) is 0 Å². The Labute approximate surface area is 55.7 Å². The van der Waals surface area contributed by atoms with Crippen molar-refractivity contribution in [1.29, 1.82) is 0 Å². The molecular weight excluding hydrogens is 111 g/mol. The lowest BCUT2D eigenvalue weighted by Crippen LogP contribution is -1.94. The van der Waals surface area contributed by atoms with Crippen molar-refractivity contribution in [3.8, 4) is 0 Å². The molecule has 0 bridgehead atoms. The summed E-state index contributed by atoms with van der Waals surface area (Å²) in [7, 11) is 1.75. The molecule has 1 rings (SSSR count). The minimum Gasteiger partial charge on any atom is -0.354 e. The van der Waals surface area contributed by atoms with Gasteiger partial charge in [-0.05, 0) is 0 Å². The lowest BCUT2D eigenvalue weighted by atomic mass is 10.0. The normalized spacial score (nSPS) is 16.8. The Morgan fingerprint density at radius 3 is 3.33 bits per heavy atom. The lowest BCUT2D eigenvalue weighted by Gasteiger charge is -1.84. The highest BCUT2D eigenvalue weighted by molar-refractivity contribution is 6.41. The number of hydrogen-bond acceptors (Lipinski definition) is 2. The summed E-state index contributed by atoms with van der Waals surface area (Å²) in [6.45, 7) is 1.89.